The van der Waals surface area contributed by atoms with E-state index in [1.807, 2.05) is 108 Å². The summed E-state index contributed by atoms with van der Waals surface area (Å²) in [5, 5.41) is 0. The Kier molecular flexibility index (Phi) is 12.5. The molecular weight excluding hydrogens is 637 g/mol. The quantitative estimate of drug-likeness (QED) is 0.111. The van der Waals surface area contributed by atoms with Gasteiger partial charge in [0.1, 0.15) is 22.7 Å². The molecule has 0 aromatic heterocycles. The minimum absolute atomic E-state index is 0.156. The van der Waals surface area contributed by atoms with E-state index in [-0.39, 0.29) is 13.2 Å². The van der Waals surface area contributed by atoms with E-state index in [2.05, 4.69) is 0 Å². The summed E-state index contributed by atoms with van der Waals surface area (Å²) >= 11 is 4.70. The molecule has 0 aliphatic rings. The summed E-state index contributed by atoms with van der Waals surface area (Å²) in [5.41, 5.74) is -2.76. The van der Waals surface area contributed by atoms with Crippen molar-refractivity contribution in [1.82, 2.24) is 0 Å². The minimum Gasteiger partial charge on any atom is -0.482 e. The lowest BCUT2D eigenvalue weighted by atomic mass is 9.94. The van der Waals surface area contributed by atoms with Crippen LogP contribution in [0.1, 0.15) is 41.5 Å². The highest BCUT2D eigenvalue weighted by Crippen LogP contribution is 2.38. The van der Waals surface area contributed by atoms with Crippen molar-refractivity contribution in [3.05, 3.63) is 66.7 Å². The number of ether oxygens (including phenoxy) is 4. The Morgan fingerprint density at radius 1 is 0.711 bits per heavy atom. The topological polar surface area (TPSA) is 125 Å². The number of alkyl halides is 3. The molecule has 0 saturated heterocycles. The Morgan fingerprint density at radius 3 is 1.44 bits per heavy atom. The van der Waals surface area contributed by atoms with Crippen LogP contribution in [0.25, 0.3) is 22.3 Å². The van der Waals surface area contributed by atoms with Crippen molar-refractivity contribution in [2.45, 2.75) is 63.1 Å². The molecule has 3 aromatic carbocycles. The molecule has 246 valence electrons. The molecule has 3 rings (SSSR count). The van der Waals surface area contributed by atoms with Crippen LogP contribution in [0.15, 0.2) is 71.6 Å². The Morgan fingerprint density at radius 2 is 1.09 bits per heavy atom. The van der Waals surface area contributed by atoms with Crippen LogP contribution in [0.3, 0.4) is 0 Å². The van der Waals surface area contributed by atoms with Gasteiger partial charge in [0.15, 0.2) is 13.2 Å². The van der Waals surface area contributed by atoms with Gasteiger partial charge < -0.3 is 18.9 Å². The van der Waals surface area contributed by atoms with E-state index in [0.29, 0.717) is 11.5 Å². The van der Waals surface area contributed by atoms with E-state index in [1.165, 1.54) is 0 Å². The second kappa shape index (κ2) is 15.0. The smallest absolute Gasteiger partial charge is 0.482 e. The summed E-state index contributed by atoms with van der Waals surface area (Å²) in [7, 11) is -5.84. The maximum absolute atomic E-state index is 11.9. The van der Waals surface area contributed by atoms with Gasteiger partial charge in [-0.25, -0.2) is 9.59 Å². The Bertz CT molecular complexity index is 1560. The van der Waals surface area contributed by atoms with Crippen molar-refractivity contribution in [3.8, 4) is 33.8 Å². The van der Waals surface area contributed by atoms with E-state index in [4.69, 9.17) is 44.5 Å². The lowest BCUT2D eigenvalue weighted by molar-refractivity contribution is -0.158. The number of halogens is 3. The molecule has 0 amide bonds. The van der Waals surface area contributed by atoms with Gasteiger partial charge in [-0.15, -0.1) is 12.6 Å². The monoisotopic (exact) mass is 672 g/mol. The van der Waals surface area contributed by atoms with Crippen molar-refractivity contribution >= 4 is 34.7 Å². The predicted molar refractivity (Wildman–Crippen MR) is 165 cm³/mol. The number of rotatable bonds is 8. The second-order valence-corrected chi connectivity index (χ2v) is 13.3. The van der Waals surface area contributed by atoms with Crippen LogP contribution in [0.4, 0.5) is 13.2 Å². The van der Waals surface area contributed by atoms with Crippen molar-refractivity contribution in [3.63, 3.8) is 0 Å². The number of carbonyl (C=O) groups excluding carboxylic acids is 2. The molecule has 14 heteroatoms. The van der Waals surface area contributed by atoms with Gasteiger partial charge in [0.2, 0.25) is 0 Å². The zero-order valence-corrected chi connectivity index (χ0v) is 27.2. The predicted octanol–water partition coefficient (Wildman–Crippen LogP) is 7.14. The standard InChI is InChI=1S/C30H34O6S.CHF3O3S/c1-29(2,3)35-26(31)18-33-22-14-10-20(11-15-22)24-8-7-9-25(37)28(24)21-12-16-23(17-13-21)34-19-27(32)36-30(4,5)6;2-1(3,4)8(5,6)7/h7-17,37H,18-19H2,1-6H3;(H,5,6,7). The van der Waals surface area contributed by atoms with Crippen LogP contribution in [0, 0.1) is 0 Å². The average molecular weight is 673 g/mol. The Hall–Kier alpha value is -3.75. The zero-order valence-electron chi connectivity index (χ0n) is 25.5. The van der Waals surface area contributed by atoms with E-state index in [9.17, 15) is 22.8 Å². The van der Waals surface area contributed by atoms with Crippen molar-refractivity contribution in [2.24, 2.45) is 0 Å². The molecule has 1 N–H and O–H groups in total. The molecule has 0 bridgehead atoms. The van der Waals surface area contributed by atoms with Crippen LogP contribution < -0.4 is 9.47 Å². The van der Waals surface area contributed by atoms with Gasteiger partial charge in [-0.05, 0) is 88.6 Å². The highest BCUT2D eigenvalue weighted by molar-refractivity contribution is 7.86. The fraction of sp³-hybridized carbons (Fsp3) is 0.355. The van der Waals surface area contributed by atoms with E-state index in [1.54, 1.807) is 0 Å². The summed E-state index contributed by atoms with van der Waals surface area (Å²) in [6.07, 6.45) is 0. The van der Waals surface area contributed by atoms with Gasteiger partial charge in [0, 0.05) is 10.5 Å². The molecule has 0 heterocycles. The fourth-order valence-electron chi connectivity index (χ4n) is 3.56. The number of hydrogen-bond acceptors (Lipinski definition) is 9. The van der Waals surface area contributed by atoms with Crippen molar-refractivity contribution in [2.75, 3.05) is 13.2 Å². The molecular formula is C31H35F3O9S2. The van der Waals surface area contributed by atoms with Crippen LogP contribution in [0.2, 0.25) is 0 Å². The number of thiol groups is 1. The van der Waals surface area contributed by atoms with Gasteiger partial charge in [0.05, 0.1) is 0 Å². The first kappa shape index (κ1) is 37.4. The molecule has 0 atom stereocenters. The summed E-state index contributed by atoms with van der Waals surface area (Å²) in [6, 6.07) is 20.9. The van der Waals surface area contributed by atoms with Crippen molar-refractivity contribution < 1.29 is 54.7 Å². The fourth-order valence-corrected chi connectivity index (χ4v) is 3.89. The number of benzene rings is 3. The third kappa shape index (κ3) is 13.0. The highest BCUT2D eigenvalue weighted by atomic mass is 32.2. The number of carbonyl (C=O) groups is 2. The number of esters is 2. The molecule has 0 aliphatic carbocycles. The maximum atomic E-state index is 11.9. The van der Waals surface area contributed by atoms with Crippen LogP contribution >= 0.6 is 12.6 Å². The molecule has 0 saturated carbocycles. The van der Waals surface area contributed by atoms with Crippen LogP contribution in [-0.2, 0) is 29.2 Å². The van der Waals surface area contributed by atoms with Crippen LogP contribution in [-0.4, -0.2) is 54.8 Å². The molecule has 3 aromatic rings. The normalized spacial score (nSPS) is 12.0. The Labute approximate surface area is 265 Å². The average Bonchev–Trinajstić information content (AvgIpc) is 2.89. The first-order chi connectivity index (χ1) is 20.6. The number of hydrogen-bond donors (Lipinski definition) is 2. The summed E-state index contributed by atoms with van der Waals surface area (Å²) in [6.45, 7) is 10.6. The largest absolute Gasteiger partial charge is 0.522 e. The maximum Gasteiger partial charge on any atom is 0.522 e. The highest BCUT2D eigenvalue weighted by Gasteiger charge is 2.44. The van der Waals surface area contributed by atoms with Gasteiger partial charge in [-0.3, -0.25) is 4.55 Å². The molecule has 9 nitrogen and oxygen atoms in total. The van der Waals surface area contributed by atoms with E-state index in [0.717, 1.165) is 27.1 Å². The molecule has 45 heavy (non-hydrogen) atoms. The second-order valence-electron chi connectivity index (χ2n) is 11.4. The molecule has 0 spiro atoms. The van der Waals surface area contributed by atoms with E-state index < -0.39 is 38.8 Å². The summed E-state index contributed by atoms with van der Waals surface area (Å²) in [4.78, 5) is 24.7. The van der Waals surface area contributed by atoms with Gasteiger partial charge in [-0.2, -0.15) is 21.6 Å². The Balaban J connectivity index is 0.000000777. The van der Waals surface area contributed by atoms with Crippen molar-refractivity contribution in [1.29, 1.82) is 0 Å². The first-order valence-corrected chi connectivity index (χ1v) is 15.2. The summed E-state index contributed by atoms with van der Waals surface area (Å²) in [5.74, 6) is 0.308. The van der Waals surface area contributed by atoms with Crippen LogP contribution in [0.5, 0.6) is 11.5 Å². The minimum atomic E-state index is -5.84. The summed E-state index contributed by atoms with van der Waals surface area (Å²) < 4.78 is 79.3. The van der Waals surface area contributed by atoms with E-state index >= 15 is 0 Å². The SMILES string of the molecule is CC(C)(C)OC(=O)COc1ccc(-c2cccc(S)c2-c2ccc(OCC(=O)OC(C)(C)C)cc2)cc1.O=S(=O)(O)C(F)(F)F. The first-order valence-electron chi connectivity index (χ1n) is 13.3. The van der Waals surface area contributed by atoms with Gasteiger partial charge in [0.25, 0.3) is 0 Å². The third-order valence-corrected chi connectivity index (χ3v) is 6.15. The van der Waals surface area contributed by atoms with Gasteiger partial charge in [-0.1, -0.05) is 36.4 Å². The molecule has 0 radical (unpaired) electrons. The molecule has 0 fully saturated rings. The molecule has 0 unspecified atom stereocenters. The third-order valence-electron chi connectivity index (χ3n) is 5.20. The lowest BCUT2D eigenvalue weighted by Gasteiger charge is -2.19. The lowest BCUT2D eigenvalue weighted by Crippen LogP contribution is -2.27. The molecule has 0 aliphatic heterocycles. The van der Waals surface area contributed by atoms with Gasteiger partial charge >= 0.3 is 27.6 Å². The zero-order chi connectivity index (χ0) is 34.2.